The Morgan fingerprint density at radius 3 is 2.83 bits per heavy atom. The third-order valence-electron chi connectivity index (χ3n) is 3.81. The molecule has 0 unspecified atom stereocenters. The van der Waals surface area contributed by atoms with Gasteiger partial charge in [-0.05, 0) is 42.8 Å². The smallest absolute Gasteiger partial charge is 0.319 e. The molecule has 0 atom stereocenters. The van der Waals surface area contributed by atoms with Gasteiger partial charge in [0.15, 0.2) is 0 Å². The number of nitrogens with one attached hydrogen (secondary N) is 2. The zero-order valence-electron chi connectivity index (χ0n) is 13.2. The van der Waals surface area contributed by atoms with Crippen LogP contribution in [0.4, 0.5) is 16.2 Å². The molecule has 1 fully saturated rings. The zero-order valence-corrected chi connectivity index (χ0v) is 14.0. The van der Waals surface area contributed by atoms with Crippen LogP contribution in [0.2, 0.25) is 0 Å². The molecule has 0 aliphatic carbocycles. The maximum Gasteiger partial charge on any atom is 0.319 e. The standard InChI is InChI=1S/C17H21N3O2S/c1-13-11-14(4-5-16(13)20-6-9-23-10-7-20)19-17(21)18-12-15-3-2-8-22-15/h2-5,8,11H,6-7,9-10,12H2,1H3,(H2,18,19,21). The summed E-state index contributed by atoms with van der Waals surface area (Å²) in [6.07, 6.45) is 1.59. The Morgan fingerprint density at radius 2 is 2.13 bits per heavy atom. The number of thioether (sulfide) groups is 1. The Kier molecular flexibility index (Phi) is 5.12. The monoisotopic (exact) mass is 331 g/mol. The quantitative estimate of drug-likeness (QED) is 0.901. The minimum absolute atomic E-state index is 0.233. The van der Waals surface area contributed by atoms with Crippen LogP contribution in [-0.4, -0.2) is 30.6 Å². The Morgan fingerprint density at radius 1 is 1.30 bits per heavy atom. The van der Waals surface area contributed by atoms with Gasteiger partial charge >= 0.3 is 6.03 Å². The molecule has 3 rings (SSSR count). The molecule has 1 aromatic heterocycles. The number of nitrogens with zero attached hydrogens (tertiary/aromatic N) is 1. The fourth-order valence-electron chi connectivity index (χ4n) is 2.65. The van der Waals surface area contributed by atoms with Crippen LogP contribution >= 0.6 is 11.8 Å². The highest BCUT2D eigenvalue weighted by Gasteiger charge is 2.13. The second-order valence-electron chi connectivity index (χ2n) is 5.49. The third kappa shape index (κ3) is 4.22. The Balaban J connectivity index is 1.57. The van der Waals surface area contributed by atoms with Crippen LogP contribution in [-0.2, 0) is 6.54 Å². The van der Waals surface area contributed by atoms with E-state index in [9.17, 15) is 4.79 Å². The SMILES string of the molecule is Cc1cc(NC(=O)NCc2ccco2)ccc1N1CCSCC1. The summed E-state index contributed by atoms with van der Waals surface area (Å²) in [4.78, 5) is 14.3. The molecule has 23 heavy (non-hydrogen) atoms. The Hall–Kier alpha value is -2.08. The van der Waals surface area contributed by atoms with Gasteiger partial charge in [0.1, 0.15) is 5.76 Å². The number of furan rings is 1. The lowest BCUT2D eigenvalue weighted by atomic mass is 10.1. The van der Waals surface area contributed by atoms with Gasteiger partial charge in [-0.3, -0.25) is 0 Å². The number of carbonyl (C=O) groups excluding carboxylic acids is 1. The van der Waals surface area contributed by atoms with Crippen molar-refractivity contribution in [2.75, 3.05) is 34.8 Å². The highest BCUT2D eigenvalue weighted by Crippen LogP contribution is 2.26. The van der Waals surface area contributed by atoms with E-state index in [4.69, 9.17) is 4.42 Å². The summed E-state index contributed by atoms with van der Waals surface area (Å²) >= 11 is 2.00. The van der Waals surface area contributed by atoms with E-state index in [1.807, 2.05) is 30.0 Å². The summed E-state index contributed by atoms with van der Waals surface area (Å²) in [5, 5.41) is 5.64. The van der Waals surface area contributed by atoms with Crippen molar-refractivity contribution < 1.29 is 9.21 Å². The van der Waals surface area contributed by atoms with Gasteiger partial charge < -0.3 is 20.0 Å². The van der Waals surface area contributed by atoms with Crippen LogP contribution in [0.3, 0.4) is 0 Å². The van der Waals surface area contributed by atoms with Crippen molar-refractivity contribution in [3.63, 3.8) is 0 Å². The highest BCUT2D eigenvalue weighted by atomic mass is 32.2. The van der Waals surface area contributed by atoms with Gasteiger partial charge in [0.2, 0.25) is 0 Å². The number of aryl methyl sites for hydroxylation is 1. The fourth-order valence-corrected chi connectivity index (χ4v) is 3.55. The molecule has 0 bridgehead atoms. The first-order valence-corrected chi connectivity index (χ1v) is 8.88. The normalized spacial score (nSPS) is 14.6. The minimum Gasteiger partial charge on any atom is -0.467 e. The van der Waals surface area contributed by atoms with Crippen LogP contribution in [0.25, 0.3) is 0 Å². The molecular weight excluding hydrogens is 310 g/mol. The molecule has 6 heteroatoms. The molecule has 122 valence electrons. The van der Waals surface area contributed by atoms with Gasteiger partial charge in [-0.2, -0.15) is 11.8 Å². The number of hydrogen-bond donors (Lipinski definition) is 2. The van der Waals surface area contributed by atoms with Crippen LogP contribution in [0, 0.1) is 6.92 Å². The number of rotatable bonds is 4. The summed E-state index contributed by atoms with van der Waals surface area (Å²) in [7, 11) is 0. The molecule has 1 aromatic carbocycles. The van der Waals surface area contributed by atoms with Gasteiger partial charge in [0, 0.05) is 36.0 Å². The Bertz CT molecular complexity index is 652. The molecule has 2 N–H and O–H groups in total. The lowest BCUT2D eigenvalue weighted by Gasteiger charge is -2.30. The first kappa shape index (κ1) is 15.8. The maximum atomic E-state index is 11.9. The summed E-state index contributed by atoms with van der Waals surface area (Å²) in [5.41, 5.74) is 3.24. The third-order valence-corrected chi connectivity index (χ3v) is 4.75. The molecule has 2 heterocycles. The summed E-state index contributed by atoms with van der Waals surface area (Å²) < 4.78 is 5.19. The van der Waals surface area contributed by atoms with Crippen molar-refractivity contribution in [1.82, 2.24) is 5.32 Å². The minimum atomic E-state index is -0.233. The summed E-state index contributed by atoms with van der Waals surface area (Å²) in [6.45, 7) is 4.63. The molecule has 0 radical (unpaired) electrons. The Labute approximate surface area is 140 Å². The molecule has 0 spiro atoms. The summed E-state index contributed by atoms with van der Waals surface area (Å²) in [6, 6.07) is 9.46. The van der Waals surface area contributed by atoms with E-state index in [1.54, 1.807) is 12.3 Å². The molecule has 2 aromatic rings. The number of anilines is 2. The molecule has 5 nitrogen and oxygen atoms in total. The summed E-state index contributed by atoms with van der Waals surface area (Å²) in [5.74, 6) is 3.08. The molecule has 2 amide bonds. The highest BCUT2D eigenvalue weighted by molar-refractivity contribution is 7.99. The molecule has 0 saturated carbocycles. The molecule has 1 saturated heterocycles. The van der Waals surface area contributed by atoms with Gasteiger partial charge in [0.05, 0.1) is 12.8 Å². The number of carbonyl (C=O) groups is 1. The average Bonchev–Trinajstić information content (AvgIpc) is 3.07. The van der Waals surface area contributed by atoms with E-state index in [2.05, 4.69) is 28.5 Å². The van der Waals surface area contributed by atoms with Gasteiger partial charge in [0.25, 0.3) is 0 Å². The molecule has 1 aliphatic heterocycles. The van der Waals surface area contributed by atoms with Crippen molar-refractivity contribution in [3.05, 3.63) is 47.9 Å². The number of amides is 2. The number of hydrogen-bond acceptors (Lipinski definition) is 4. The van der Waals surface area contributed by atoms with Gasteiger partial charge in [-0.25, -0.2) is 4.79 Å². The second kappa shape index (κ2) is 7.46. The second-order valence-corrected chi connectivity index (χ2v) is 6.71. The average molecular weight is 331 g/mol. The lowest BCUT2D eigenvalue weighted by Crippen LogP contribution is -2.33. The van der Waals surface area contributed by atoms with Crippen LogP contribution in [0.1, 0.15) is 11.3 Å². The molecular formula is C17H21N3O2S. The lowest BCUT2D eigenvalue weighted by molar-refractivity contribution is 0.251. The van der Waals surface area contributed by atoms with E-state index in [1.165, 1.54) is 22.8 Å². The van der Waals surface area contributed by atoms with E-state index in [-0.39, 0.29) is 6.03 Å². The van der Waals surface area contributed by atoms with E-state index < -0.39 is 0 Å². The fraction of sp³-hybridized carbons (Fsp3) is 0.353. The van der Waals surface area contributed by atoms with E-state index in [0.717, 1.165) is 24.5 Å². The maximum absolute atomic E-state index is 11.9. The predicted molar refractivity (Wildman–Crippen MR) is 95.3 cm³/mol. The van der Waals surface area contributed by atoms with Crippen molar-refractivity contribution in [2.24, 2.45) is 0 Å². The van der Waals surface area contributed by atoms with Crippen molar-refractivity contribution in [2.45, 2.75) is 13.5 Å². The number of urea groups is 1. The van der Waals surface area contributed by atoms with Crippen molar-refractivity contribution in [3.8, 4) is 0 Å². The van der Waals surface area contributed by atoms with Crippen LogP contribution in [0.15, 0.2) is 41.0 Å². The van der Waals surface area contributed by atoms with Gasteiger partial charge in [-0.1, -0.05) is 0 Å². The largest absolute Gasteiger partial charge is 0.467 e. The van der Waals surface area contributed by atoms with Crippen LogP contribution in [0.5, 0.6) is 0 Å². The topological polar surface area (TPSA) is 57.5 Å². The first-order valence-electron chi connectivity index (χ1n) is 7.73. The predicted octanol–water partition coefficient (Wildman–Crippen LogP) is 3.46. The van der Waals surface area contributed by atoms with Crippen molar-refractivity contribution in [1.29, 1.82) is 0 Å². The zero-order chi connectivity index (χ0) is 16.1. The van der Waals surface area contributed by atoms with E-state index in [0.29, 0.717) is 6.54 Å². The van der Waals surface area contributed by atoms with E-state index >= 15 is 0 Å². The van der Waals surface area contributed by atoms with Gasteiger partial charge in [-0.15, -0.1) is 0 Å². The number of benzene rings is 1. The first-order chi connectivity index (χ1) is 11.2. The molecule has 1 aliphatic rings. The van der Waals surface area contributed by atoms with Crippen molar-refractivity contribution >= 4 is 29.2 Å². The van der Waals surface area contributed by atoms with Crippen LogP contribution < -0.4 is 15.5 Å².